The Bertz CT molecular complexity index is 428. The van der Waals surface area contributed by atoms with Gasteiger partial charge in [0.2, 0.25) is 0 Å². The third-order valence-corrected chi connectivity index (χ3v) is 1.85. The highest BCUT2D eigenvalue weighted by Gasteiger charge is 2.30. The summed E-state index contributed by atoms with van der Waals surface area (Å²) in [7, 11) is 0. The minimum atomic E-state index is -4.27. The van der Waals surface area contributed by atoms with Crippen LogP contribution in [0, 0.1) is 0 Å². The van der Waals surface area contributed by atoms with E-state index in [1.165, 1.54) is 10.5 Å². The lowest BCUT2D eigenvalue weighted by Crippen LogP contribution is -2.05. The zero-order chi connectivity index (χ0) is 9.47. The van der Waals surface area contributed by atoms with Crippen LogP contribution in [-0.2, 0) is 6.18 Å². The number of hydrogen-bond acceptors (Lipinski definition) is 0. The smallest absolute Gasteiger partial charge is 0.323 e. The third-order valence-electron chi connectivity index (χ3n) is 1.85. The first-order valence-corrected chi connectivity index (χ1v) is 3.71. The number of alkyl halides is 3. The van der Waals surface area contributed by atoms with Crippen molar-refractivity contribution in [3.05, 3.63) is 42.2 Å². The van der Waals surface area contributed by atoms with E-state index in [-0.39, 0.29) is 0 Å². The van der Waals surface area contributed by atoms with Gasteiger partial charge in [-0.25, -0.2) is 0 Å². The number of hydrogen-bond donors (Lipinski definition) is 0. The maximum atomic E-state index is 12.2. The standard InChI is InChI=1S/C9H6F3N/c10-9(11,12)7-3-4-8-2-1-5-13(8)6-7/h1-6H. The van der Waals surface area contributed by atoms with E-state index in [1.54, 1.807) is 18.3 Å². The molecule has 0 saturated heterocycles. The highest BCUT2D eigenvalue weighted by atomic mass is 19.4. The predicted molar refractivity (Wildman–Crippen MR) is 42.4 cm³/mol. The van der Waals surface area contributed by atoms with Gasteiger partial charge in [-0.15, -0.1) is 0 Å². The predicted octanol–water partition coefficient (Wildman–Crippen LogP) is 2.96. The van der Waals surface area contributed by atoms with Gasteiger partial charge in [-0.2, -0.15) is 13.2 Å². The van der Waals surface area contributed by atoms with Gasteiger partial charge in [-0.1, -0.05) is 0 Å². The molecule has 0 aromatic carbocycles. The Morgan fingerprint density at radius 2 is 1.85 bits per heavy atom. The molecule has 68 valence electrons. The molecular formula is C9H6F3N. The lowest BCUT2D eigenvalue weighted by Gasteiger charge is -2.06. The van der Waals surface area contributed by atoms with Crippen molar-refractivity contribution < 1.29 is 13.2 Å². The van der Waals surface area contributed by atoms with Gasteiger partial charge >= 0.3 is 6.18 Å². The molecule has 0 aliphatic rings. The molecule has 0 aliphatic carbocycles. The second kappa shape index (κ2) is 2.52. The van der Waals surface area contributed by atoms with Crippen LogP contribution < -0.4 is 0 Å². The van der Waals surface area contributed by atoms with E-state index in [9.17, 15) is 13.2 Å². The molecule has 0 spiro atoms. The first kappa shape index (κ1) is 8.16. The summed E-state index contributed by atoms with van der Waals surface area (Å²) in [6.45, 7) is 0. The molecule has 0 saturated carbocycles. The molecule has 2 aromatic heterocycles. The van der Waals surface area contributed by atoms with Crippen molar-refractivity contribution in [2.45, 2.75) is 6.18 Å². The summed E-state index contributed by atoms with van der Waals surface area (Å²) in [5, 5.41) is 0. The first-order valence-electron chi connectivity index (χ1n) is 3.71. The van der Waals surface area contributed by atoms with Crippen LogP contribution >= 0.6 is 0 Å². The van der Waals surface area contributed by atoms with Crippen LogP contribution in [0.3, 0.4) is 0 Å². The molecule has 13 heavy (non-hydrogen) atoms. The average Bonchev–Trinajstić information content (AvgIpc) is 2.47. The third kappa shape index (κ3) is 1.39. The van der Waals surface area contributed by atoms with E-state index in [0.29, 0.717) is 0 Å². The summed E-state index contributed by atoms with van der Waals surface area (Å²) >= 11 is 0. The maximum Gasteiger partial charge on any atom is 0.417 e. The van der Waals surface area contributed by atoms with E-state index in [2.05, 4.69) is 0 Å². The van der Waals surface area contributed by atoms with E-state index < -0.39 is 11.7 Å². The minimum absolute atomic E-state index is 0.629. The van der Waals surface area contributed by atoms with Crippen molar-refractivity contribution >= 4 is 5.52 Å². The molecule has 1 nitrogen and oxygen atoms in total. The fourth-order valence-electron chi connectivity index (χ4n) is 1.20. The Morgan fingerprint density at radius 1 is 1.08 bits per heavy atom. The van der Waals surface area contributed by atoms with Gasteiger partial charge in [-0.3, -0.25) is 0 Å². The van der Waals surface area contributed by atoms with Crippen molar-refractivity contribution in [2.75, 3.05) is 0 Å². The van der Waals surface area contributed by atoms with Gasteiger partial charge in [0, 0.05) is 17.9 Å². The lowest BCUT2D eigenvalue weighted by molar-refractivity contribution is -0.137. The fraction of sp³-hybridized carbons (Fsp3) is 0.111. The number of fused-ring (bicyclic) bond motifs is 1. The van der Waals surface area contributed by atoms with Gasteiger partial charge in [0.25, 0.3) is 0 Å². The van der Waals surface area contributed by atoms with E-state index in [1.807, 2.05) is 0 Å². The van der Waals surface area contributed by atoms with E-state index in [0.717, 1.165) is 17.8 Å². The van der Waals surface area contributed by atoms with Gasteiger partial charge in [0.15, 0.2) is 0 Å². The Morgan fingerprint density at radius 3 is 2.54 bits per heavy atom. The van der Waals surface area contributed by atoms with Crippen molar-refractivity contribution in [1.82, 2.24) is 4.40 Å². The van der Waals surface area contributed by atoms with Crippen LogP contribution in [0.5, 0.6) is 0 Å². The van der Waals surface area contributed by atoms with Crippen LogP contribution in [0.15, 0.2) is 36.7 Å². The summed E-state index contributed by atoms with van der Waals surface area (Å²) in [6, 6.07) is 5.98. The van der Waals surface area contributed by atoms with Gasteiger partial charge < -0.3 is 4.40 Å². The average molecular weight is 185 g/mol. The van der Waals surface area contributed by atoms with Crippen LogP contribution in [0.4, 0.5) is 13.2 Å². The quantitative estimate of drug-likeness (QED) is 0.594. The zero-order valence-electron chi connectivity index (χ0n) is 6.55. The van der Waals surface area contributed by atoms with Crippen LogP contribution in [0.1, 0.15) is 5.56 Å². The maximum absolute atomic E-state index is 12.2. The summed E-state index contributed by atoms with van der Waals surface area (Å²) in [5.74, 6) is 0. The highest BCUT2D eigenvalue weighted by Crippen LogP contribution is 2.29. The van der Waals surface area contributed by atoms with Crippen LogP contribution in [0.2, 0.25) is 0 Å². The van der Waals surface area contributed by atoms with Crippen molar-refractivity contribution in [1.29, 1.82) is 0 Å². The molecule has 2 heterocycles. The fourth-order valence-corrected chi connectivity index (χ4v) is 1.20. The molecule has 0 N–H and O–H groups in total. The number of pyridine rings is 1. The molecule has 0 amide bonds. The summed E-state index contributed by atoms with van der Waals surface area (Å²) in [4.78, 5) is 0. The Balaban J connectivity index is 2.61. The highest BCUT2D eigenvalue weighted by molar-refractivity contribution is 5.48. The van der Waals surface area contributed by atoms with E-state index >= 15 is 0 Å². The topological polar surface area (TPSA) is 4.41 Å². The summed E-state index contributed by atoms with van der Waals surface area (Å²) in [6.07, 6.45) is -1.60. The van der Waals surface area contributed by atoms with Crippen molar-refractivity contribution in [3.63, 3.8) is 0 Å². The molecule has 0 aliphatic heterocycles. The molecule has 0 fully saturated rings. The molecule has 0 atom stereocenters. The summed E-state index contributed by atoms with van der Waals surface area (Å²) < 4.78 is 38.1. The number of aromatic nitrogens is 1. The molecule has 0 bridgehead atoms. The number of nitrogens with zero attached hydrogens (tertiary/aromatic N) is 1. The molecule has 0 unspecified atom stereocenters. The zero-order valence-corrected chi connectivity index (χ0v) is 6.55. The molecular weight excluding hydrogens is 179 g/mol. The minimum Gasteiger partial charge on any atom is -0.323 e. The van der Waals surface area contributed by atoms with Gasteiger partial charge in [0.1, 0.15) is 0 Å². The lowest BCUT2D eigenvalue weighted by atomic mass is 10.2. The molecule has 4 heteroatoms. The van der Waals surface area contributed by atoms with E-state index in [4.69, 9.17) is 0 Å². The Kier molecular flexibility index (Phi) is 1.58. The monoisotopic (exact) mass is 185 g/mol. The molecule has 2 aromatic rings. The Labute approximate surface area is 72.4 Å². The van der Waals surface area contributed by atoms with Crippen molar-refractivity contribution in [2.24, 2.45) is 0 Å². The van der Waals surface area contributed by atoms with Crippen molar-refractivity contribution in [3.8, 4) is 0 Å². The van der Waals surface area contributed by atoms with Crippen LogP contribution in [-0.4, -0.2) is 4.40 Å². The second-order valence-electron chi connectivity index (χ2n) is 2.76. The molecule has 0 radical (unpaired) electrons. The summed E-state index contributed by atoms with van der Waals surface area (Å²) in [5.41, 5.74) is 0.129. The van der Waals surface area contributed by atoms with Crippen LogP contribution in [0.25, 0.3) is 5.52 Å². The second-order valence-corrected chi connectivity index (χ2v) is 2.76. The SMILES string of the molecule is FC(F)(F)c1ccc2cccn2c1. The normalized spacial score (nSPS) is 12.2. The number of halogens is 3. The Hall–Kier alpha value is -1.45. The number of rotatable bonds is 0. The van der Waals surface area contributed by atoms with Gasteiger partial charge in [-0.05, 0) is 24.3 Å². The largest absolute Gasteiger partial charge is 0.417 e. The van der Waals surface area contributed by atoms with Gasteiger partial charge in [0.05, 0.1) is 5.56 Å². The first-order chi connectivity index (χ1) is 6.07. The molecule has 2 rings (SSSR count).